The first kappa shape index (κ1) is 31.0. The molecule has 0 amide bonds. The summed E-state index contributed by atoms with van der Waals surface area (Å²) in [5, 5.41) is 11.3. The fourth-order valence-corrected chi connectivity index (χ4v) is 0. The maximum Gasteiger partial charge on any atom is 3.00 e. The summed E-state index contributed by atoms with van der Waals surface area (Å²) in [4.78, 5) is 0. The third kappa shape index (κ3) is 2210. The van der Waals surface area contributed by atoms with Gasteiger partial charge in [0.05, 0.1) is 0 Å². The fourth-order valence-electron chi connectivity index (χ4n) is 0. The average molecular weight is 612 g/mol. The second-order valence-electron chi connectivity index (χ2n) is 1.48. The van der Waals surface area contributed by atoms with Crippen LogP contribution in [0, 0.1) is 0 Å². The molecule has 0 spiro atoms. The molecule has 0 aromatic rings. The van der Waals surface area contributed by atoms with Gasteiger partial charge in [-0.2, -0.15) is 0 Å². The van der Waals surface area contributed by atoms with Crippen LogP contribution in [0.25, 0.3) is 0 Å². The third-order valence-electron chi connectivity index (χ3n) is 0. The summed E-state index contributed by atoms with van der Waals surface area (Å²) in [5.41, 5.74) is 0. The summed E-state index contributed by atoms with van der Waals surface area (Å²) in [5.74, 6) is 0. The summed E-state index contributed by atoms with van der Waals surface area (Å²) < 4.78 is 79.7. The van der Waals surface area contributed by atoms with E-state index in [1.165, 1.54) is 0 Å². The maximum atomic E-state index is 8.85. The number of hydrogen-bond donors (Lipinski definition) is 3. The molecule has 101 valence electrons. The Morgan fingerprint density at radius 1 is 0.588 bits per heavy atom. The topological polar surface area (TPSA) is 250 Å². The molecule has 17 heteroatoms. The van der Waals surface area contributed by atoms with Crippen molar-refractivity contribution in [2.24, 2.45) is 15.4 Å². The van der Waals surface area contributed by atoms with Crippen molar-refractivity contribution >= 4 is 83.0 Å². The normalized spacial score (nSPS) is 10.2. The van der Waals surface area contributed by atoms with Crippen molar-refractivity contribution in [2.75, 3.05) is 0 Å². The van der Waals surface area contributed by atoms with E-state index in [9.17, 15) is 0 Å². The molecule has 0 fully saturated rings. The van der Waals surface area contributed by atoms with E-state index in [4.69, 9.17) is 38.9 Å². The van der Waals surface area contributed by atoms with Crippen molar-refractivity contribution in [1.82, 2.24) is 0 Å². The van der Waals surface area contributed by atoms with Gasteiger partial charge in [0.15, 0.2) is 30.9 Å². The summed E-state index contributed by atoms with van der Waals surface area (Å²) in [6, 6.07) is 0. The Kier molecular flexibility index (Phi) is 22.6. The van der Waals surface area contributed by atoms with Crippen molar-refractivity contribution in [3.05, 3.63) is 0 Å². The molecule has 17 heavy (non-hydrogen) atoms. The molecule has 0 atom stereocenters. The molecule has 0 aliphatic rings. The van der Waals surface area contributed by atoms with Gasteiger partial charge in [0.2, 0.25) is 0 Å². The second kappa shape index (κ2) is 12.4. The molecule has 12 nitrogen and oxygen atoms in total. The standard InChI is InChI=1S/Bi.In.3H3NO3S/c;;3*1-5(2,3)4/h;;3*(H3,1,2,3,4)/q+3;;;;/p-3. The third-order valence-corrected chi connectivity index (χ3v) is 0. The van der Waals surface area contributed by atoms with Crippen LogP contribution in [0.15, 0.2) is 0 Å². The van der Waals surface area contributed by atoms with E-state index in [2.05, 4.69) is 15.4 Å². The van der Waals surface area contributed by atoms with E-state index in [1.807, 2.05) is 0 Å². The van der Waals surface area contributed by atoms with Crippen LogP contribution in [-0.2, 0) is 30.9 Å². The van der Waals surface area contributed by atoms with Crippen LogP contribution in [-0.4, -0.2) is 91.0 Å². The zero-order valence-electron chi connectivity index (χ0n) is 7.66. The van der Waals surface area contributed by atoms with Gasteiger partial charge in [-0.3, -0.25) is 0 Å². The zero-order chi connectivity index (χ0) is 13.5. The maximum absolute atomic E-state index is 8.85. The molecular formula is H6BiInN3O9S3. The summed E-state index contributed by atoms with van der Waals surface area (Å²) >= 11 is 0. The van der Waals surface area contributed by atoms with E-state index in [-0.39, 0.29) is 52.0 Å². The fraction of sp³-hybridized carbons (Fsp3) is 0. The van der Waals surface area contributed by atoms with Crippen molar-refractivity contribution in [1.29, 1.82) is 0 Å². The average Bonchev–Trinajstić information content (AvgIpc) is 1.41. The van der Waals surface area contributed by atoms with Crippen LogP contribution in [0.4, 0.5) is 0 Å². The molecule has 0 saturated carbocycles. The number of nitrogens with two attached hydrogens (primary N) is 3. The van der Waals surface area contributed by atoms with E-state index < -0.39 is 30.9 Å². The molecule has 0 rings (SSSR count). The molecule has 0 heterocycles. The Morgan fingerprint density at radius 2 is 0.588 bits per heavy atom. The minimum atomic E-state index is -4.42. The van der Waals surface area contributed by atoms with Crippen LogP contribution in [0.1, 0.15) is 0 Å². The molecule has 0 aromatic heterocycles. The largest absolute Gasteiger partial charge is 3.00 e. The quantitative estimate of drug-likeness (QED) is 0.174. The molecule has 0 saturated heterocycles. The van der Waals surface area contributed by atoms with Gasteiger partial charge >= 0.3 is 26.2 Å². The van der Waals surface area contributed by atoms with Crippen molar-refractivity contribution < 1.29 is 38.9 Å². The molecule has 5 radical (unpaired) electrons. The van der Waals surface area contributed by atoms with Gasteiger partial charge in [-0.1, -0.05) is 0 Å². The SMILES string of the molecule is NS(=O)(=O)[O-].NS(=O)(=O)[O-].NS(=O)(=O)[O-].[Bi+3].[In]. The van der Waals surface area contributed by atoms with Crippen molar-refractivity contribution in [3.63, 3.8) is 0 Å². The van der Waals surface area contributed by atoms with Gasteiger partial charge in [0.1, 0.15) is 0 Å². The first-order chi connectivity index (χ1) is 6.00. The second-order valence-corrected chi connectivity index (χ2v) is 4.44. The Labute approximate surface area is 136 Å². The summed E-state index contributed by atoms with van der Waals surface area (Å²) in [7, 11) is -13.2. The van der Waals surface area contributed by atoms with Crippen LogP contribution in [0.5, 0.6) is 0 Å². The Morgan fingerprint density at radius 3 is 0.588 bits per heavy atom. The monoisotopic (exact) mass is 612 g/mol. The molecular weight excluding hydrogens is 606 g/mol. The van der Waals surface area contributed by atoms with Crippen LogP contribution in [0.2, 0.25) is 0 Å². The van der Waals surface area contributed by atoms with Gasteiger partial charge in [-0.25, -0.2) is 40.7 Å². The molecule has 0 unspecified atom stereocenters. The minimum absolute atomic E-state index is 0. The predicted octanol–water partition coefficient (Wildman–Crippen LogP) is -5.55. The first-order valence-electron chi connectivity index (χ1n) is 2.21. The zero-order valence-corrected chi connectivity index (χ0v) is 16.9. The molecule has 0 bridgehead atoms. The number of rotatable bonds is 0. The smallest absolute Gasteiger partial charge is 0.736 e. The molecule has 0 aliphatic heterocycles. The summed E-state index contributed by atoms with van der Waals surface area (Å²) in [6.45, 7) is 0. The van der Waals surface area contributed by atoms with Crippen LogP contribution < -0.4 is 15.4 Å². The van der Waals surface area contributed by atoms with E-state index >= 15 is 0 Å². The van der Waals surface area contributed by atoms with Crippen LogP contribution in [0.3, 0.4) is 0 Å². The van der Waals surface area contributed by atoms with E-state index in [1.54, 1.807) is 0 Å². The van der Waals surface area contributed by atoms with Crippen LogP contribution >= 0.6 is 0 Å². The minimum Gasteiger partial charge on any atom is -0.736 e. The van der Waals surface area contributed by atoms with Gasteiger partial charge in [0, 0.05) is 25.8 Å². The van der Waals surface area contributed by atoms with Crippen molar-refractivity contribution in [2.45, 2.75) is 0 Å². The Bertz CT molecular complexity index is 352. The predicted molar refractivity (Wildman–Crippen MR) is 53.2 cm³/mol. The Balaban J connectivity index is -0.0000000400. The molecule has 0 aliphatic carbocycles. The van der Waals surface area contributed by atoms with E-state index in [0.29, 0.717) is 0 Å². The number of hydrogen-bond acceptors (Lipinski definition) is 9. The molecule has 0 aromatic carbocycles. The first-order valence-corrected chi connectivity index (χ1v) is 6.62. The van der Waals surface area contributed by atoms with E-state index in [0.717, 1.165) is 0 Å². The van der Waals surface area contributed by atoms with Gasteiger partial charge in [-0.15, -0.1) is 0 Å². The molecule has 6 N–H and O–H groups in total. The Hall–Kier alpha value is 1.36. The van der Waals surface area contributed by atoms with Gasteiger partial charge < -0.3 is 13.7 Å². The van der Waals surface area contributed by atoms with Gasteiger partial charge in [-0.05, 0) is 0 Å². The summed E-state index contributed by atoms with van der Waals surface area (Å²) in [6.07, 6.45) is 0. The van der Waals surface area contributed by atoms with Gasteiger partial charge in [0.25, 0.3) is 0 Å². The van der Waals surface area contributed by atoms with Crippen molar-refractivity contribution in [3.8, 4) is 0 Å².